The summed E-state index contributed by atoms with van der Waals surface area (Å²) in [5.74, 6) is 0.189. The minimum absolute atomic E-state index is 0.189. The Balaban J connectivity index is 1.59. The fourth-order valence-corrected chi connectivity index (χ4v) is 5.39. The molecule has 9 heteroatoms. The first-order valence-electron chi connectivity index (χ1n) is 11.3. The van der Waals surface area contributed by atoms with Crippen LogP contribution in [0.5, 0.6) is 0 Å². The Morgan fingerprint density at radius 1 is 1.34 bits per heavy atom. The van der Waals surface area contributed by atoms with Crippen molar-refractivity contribution in [2.75, 3.05) is 39.3 Å². The van der Waals surface area contributed by atoms with Gasteiger partial charge in [0.1, 0.15) is 5.01 Å². The van der Waals surface area contributed by atoms with Gasteiger partial charge in [0.05, 0.1) is 6.54 Å². The fraction of sp³-hybridized carbons (Fsp3) is 0.565. The predicted octanol–water partition coefficient (Wildman–Crippen LogP) is 2.90. The molecule has 2 aromatic rings. The van der Waals surface area contributed by atoms with Crippen LogP contribution in [-0.4, -0.2) is 74.8 Å². The van der Waals surface area contributed by atoms with Crippen molar-refractivity contribution in [1.82, 2.24) is 20.1 Å². The first-order valence-corrected chi connectivity index (χ1v) is 13.3. The van der Waals surface area contributed by atoms with E-state index < -0.39 is 11.1 Å². The number of benzene rings is 1. The number of aromatic nitrogens is 1. The van der Waals surface area contributed by atoms with Gasteiger partial charge in [-0.1, -0.05) is 19.1 Å². The van der Waals surface area contributed by atoms with E-state index >= 15 is 0 Å². The molecular weight excluding hydrogens is 444 g/mol. The third-order valence-corrected chi connectivity index (χ3v) is 7.45. The number of thiazole rings is 1. The van der Waals surface area contributed by atoms with Crippen molar-refractivity contribution < 1.29 is 13.6 Å². The van der Waals surface area contributed by atoms with Gasteiger partial charge >= 0.3 is 0 Å². The smallest absolute Gasteiger partial charge is 0.236 e. The molecule has 1 saturated heterocycles. The summed E-state index contributed by atoms with van der Waals surface area (Å²) < 4.78 is 23.9. The lowest BCUT2D eigenvalue weighted by atomic mass is 10.0. The summed E-state index contributed by atoms with van der Waals surface area (Å²) in [7, 11) is 0. The number of piperazine rings is 1. The largest absolute Gasteiger partial charge is 0.768 e. The summed E-state index contributed by atoms with van der Waals surface area (Å²) >= 11 is -0.792. The summed E-state index contributed by atoms with van der Waals surface area (Å²) in [6, 6.07) is 5.85. The molecule has 176 valence electrons. The molecule has 1 aromatic heterocycles. The molecule has 1 N–H and O–H groups in total. The quantitative estimate of drug-likeness (QED) is 0.374. The Morgan fingerprint density at radius 2 is 2.19 bits per heavy atom. The minimum atomic E-state index is -2.29. The molecule has 2 unspecified atom stereocenters. The Kier molecular flexibility index (Phi) is 9.80. The monoisotopic (exact) mass is 477 g/mol. The summed E-state index contributed by atoms with van der Waals surface area (Å²) in [5, 5.41) is 5.82. The van der Waals surface area contributed by atoms with E-state index in [1.54, 1.807) is 12.3 Å². The van der Waals surface area contributed by atoms with Crippen molar-refractivity contribution in [1.29, 1.82) is 0 Å². The van der Waals surface area contributed by atoms with Crippen LogP contribution in [0.4, 0.5) is 0 Å². The highest BCUT2D eigenvalue weighted by molar-refractivity contribution is 7.79. The summed E-state index contributed by atoms with van der Waals surface area (Å²) in [6.45, 7) is 9.18. The van der Waals surface area contributed by atoms with E-state index in [9.17, 15) is 13.6 Å². The first-order chi connectivity index (χ1) is 15.5. The molecule has 0 radical (unpaired) electrons. The normalized spacial score (nSPS) is 16.5. The van der Waals surface area contributed by atoms with Gasteiger partial charge < -0.3 is 19.7 Å². The van der Waals surface area contributed by atoms with E-state index in [2.05, 4.69) is 29.0 Å². The number of amides is 1. The lowest BCUT2D eigenvalue weighted by Crippen LogP contribution is -2.48. The Bertz CT molecular complexity index is 891. The van der Waals surface area contributed by atoms with Crippen LogP contribution in [0.1, 0.15) is 38.7 Å². The molecule has 32 heavy (non-hydrogen) atoms. The van der Waals surface area contributed by atoms with Gasteiger partial charge in [0, 0.05) is 47.7 Å². The van der Waals surface area contributed by atoms with Crippen LogP contribution in [0.25, 0.3) is 10.6 Å². The second-order valence-electron chi connectivity index (χ2n) is 8.25. The van der Waals surface area contributed by atoms with Crippen LogP contribution >= 0.6 is 11.3 Å². The maximum Gasteiger partial charge on any atom is 0.236 e. The van der Waals surface area contributed by atoms with Gasteiger partial charge in [-0.3, -0.25) is 9.00 Å². The molecule has 0 saturated carbocycles. The number of hydrogen-bond acceptors (Lipinski definition) is 7. The Morgan fingerprint density at radius 3 is 2.88 bits per heavy atom. The predicted molar refractivity (Wildman–Crippen MR) is 128 cm³/mol. The molecule has 0 bridgehead atoms. The topological polar surface area (TPSA) is 88.6 Å². The SMILES string of the molecule is CCCN(CCCCN1CCNCC1=O)C(C)Cc1ccc(-c2nccs2)cc1S(=O)[O-]. The Hall–Kier alpha value is -1.65. The number of carbonyl (C=O) groups is 1. The molecule has 3 rings (SSSR count). The molecule has 1 fully saturated rings. The summed E-state index contributed by atoms with van der Waals surface area (Å²) in [4.78, 5) is 21.0. The van der Waals surface area contributed by atoms with Gasteiger partial charge in [-0.15, -0.1) is 11.3 Å². The molecule has 1 amide bonds. The van der Waals surface area contributed by atoms with Crippen molar-refractivity contribution in [2.24, 2.45) is 0 Å². The number of hydrogen-bond donors (Lipinski definition) is 1. The van der Waals surface area contributed by atoms with E-state index in [1.807, 2.05) is 22.4 Å². The average molecular weight is 478 g/mol. The van der Waals surface area contributed by atoms with Gasteiger partial charge in [-0.05, 0) is 68.4 Å². The van der Waals surface area contributed by atoms with Gasteiger partial charge in [0.15, 0.2) is 0 Å². The van der Waals surface area contributed by atoms with E-state index in [0.29, 0.717) is 17.9 Å². The molecule has 2 atom stereocenters. The zero-order valence-electron chi connectivity index (χ0n) is 18.9. The van der Waals surface area contributed by atoms with Crippen LogP contribution in [0.15, 0.2) is 34.7 Å². The zero-order valence-corrected chi connectivity index (χ0v) is 20.6. The first kappa shape index (κ1) is 25.0. The fourth-order valence-electron chi connectivity index (χ4n) is 4.16. The molecule has 1 aromatic carbocycles. The average Bonchev–Trinajstić information content (AvgIpc) is 3.32. The van der Waals surface area contributed by atoms with Crippen molar-refractivity contribution in [2.45, 2.75) is 50.5 Å². The maximum atomic E-state index is 11.9. The van der Waals surface area contributed by atoms with Crippen molar-refractivity contribution in [3.8, 4) is 10.6 Å². The highest BCUT2D eigenvalue weighted by Crippen LogP contribution is 2.27. The third-order valence-electron chi connectivity index (χ3n) is 5.89. The molecular formula is C23H33N4O3S2-. The van der Waals surface area contributed by atoms with Gasteiger partial charge in [0.25, 0.3) is 0 Å². The standard InChI is InChI=1S/C23H34N4O3S2/c1-3-10-26(11-4-5-12-27-13-8-24-17-22(27)28)18(2)15-19-6-7-20(16-21(19)32(29)30)23-25-9-14-31-23/h6-7,9,14,16,18,24H,3-5,8,10-13,15,17H2,1-2H3,(H,29,30)/p-1. The molecule has 1 aliphatic heterocycles. The van der Waals surface area contributed by atoms with Crippen LogP contribution in [0.3, 0.4) is 0 Å². The van der Waals surface area contributed by atoms with E-state index in [0.717, 1.165) is 68.1 Å². The van der Waals surface area contributed by atoms with Crippen LogP contribution in [-0.2, 0) is 22.3 Å². The summed E-state index contributed by atoms with van der Waals surface area (Å²) in [5.41, 5.74) is 1.68. The molecule has 1 aliphatic rings. The summed E-state index contributed by atoms with van der Waals surface area (Å²) in [6.07, 6.45) is 5.45. The van der Waals surface area contributed by atoms with Crippen molar-refractivity contribution in [3.05, 3.63) is 35.3 Å². The van der Waals surface area contributed by atoms with Gasteiger partial charge in [0.2, 0.25) is 5.91 Å². The van der Waals surface area contributed by atoms with Crippen LogP contribution in [0.2, 0.25) is 0 Å². The molecule has 0 aliphatic carbocycles. The van der Waals surface area contributed by atoms with E-state index in [-0.39, 0.29) is 11.9 Å². The second kappa shape index (κ2) is 12.6. The number of unbranched alkanes of at least 4 members (excludes halogenated alkanes) is 1. The molecule has 7 nitrogen and oxygen atoms in total. The number of rotatable bonds is 12. The Labute approximate surface area is 197 Å². The highest BCUT2D eigenvalue weighted by Gasteiger charge is 2.19. The van der Waals surface area contributed by atoms with Crippen molar-refractivity contribution >= 4 is 28.3 Å². The number of nitrogens with zero attached hydrogens (tertiary/aromatic N) is 3. The second-order valence-corrected chi connectivity index (χ2v) is 10.1. The highest BCUT2D eigenvalue weighted by atomic mass is 32.2. The van der Waals surface area contributed by atoms with Crippen LogP contribution in [0, 0.1) is 0 Å². The molecule has 2 heterocycles. The van der Waals surface area contributed by atoms with Crippen molar-refractivity contribution in [3.63, 3.8) is 0 Å². The maximum absolute atomic E-state index is 11.9. The van der Waals surface area contributed by atoms with Crippen LogP contribution < -0.4 is 5.32 Å². The lowest BCUT2D eigenvalue weighted by Gasteiger charge is -2.31. The lowest BCUT2D eigenvalue weighted by molar-refractivity contribution is -0.131. The number of nitrogens with one attached hydrogen (secondary N) is 1. The van der Waals surface area contributed by atoms with E-state index in [4.69, 9.17) is 0 Å². The molecule has 0 spiro atoms. The third kappa shape index (κ3) is 6.92. The number of carbonyl (C=O) groups excluding carboxylic acids is 1. The van der Waals surface area contributed by atoms with Gasteiger partial charge in [-0.25, -0.2) is 4.98 Å². The minimum Gasteiger partial charge on any atom is -0.768 e. The zero-order chi connectivity index (χ0) is 22.9. The van der Waals surface area contributed by atoms with E-state index in [1.165, 1.54) is 11.3 Å². The van der Waals surface area contributed by atoms with Gasteiger partial charge in [-0.2, -0.15) is 0 Å².